The zero-order chi connectivity index (χ0) is 12.4. The van der Waals surface area contributed by atoms with Crippen molar-refractivity contribution in [3.63, 3.8) is 0 Å². The summed E-state index contributed by atoms with van der Waals surface area (Å²) in [6.07, 6.45) is 7.27. The van der Waals surface area contributed by atoms with E-state index >= 15 is 0 Å². The summed E-state index contributed by atoms with van der Waals surface area (Å²) in [6.45, 7) is 7.17. The lowest BCUT2D eigenvalue weighted by Gasteiger charge is -2.16. The van der Waals surface area contributed by atoms with Crippen molar-refractivity contribution in [1.82, 2.24) is 0 Å². The first-order valence-corrected chi connectivity index (χ1v) is 6.92. The Morgan fingerprint density at radius 3 is 2.12 bits per heavy atom. The zero-order valence-electron chi connectivity index (χ0n) is 11.3. The van der Waals surface area contributed by atoms with Crippen LogP contribution in [0.3, 0.4) is 0 Å². The second-order valence-corrected chi connectivity index (χ2v) is 4.75. The van der Waals surface area contributed by atoms with Crippen LogP contribution < -0.4 is 5.73 Å². The van der Waals surface area contributed by atoms with Crippen LogP contribution in [-0.4, -0.2) is 12.3 Å². The maximum absolute atomic E-state index is 11.9. The van der Waals surface area contributed by atoms with Crippen molar-refractivity contribution in [2.75, 3.05) is 6.54 Å². The largest absolute Gasteiger partial charge is 0.330 e. The minimum Gasteiger partial charge on any atom is -0.330 e. The molecule has 0 radical (unpaired) electrons. The SMILES string of the molecule is CCCC(CCN)CCC(=O)C(CC)CC. The summed E-state index contributed by atoms with van der Waals surface area (Å²) in [5, 5.41) is 0. The third-order valence-electron chi connectivity index (χ3n) is 3.51. The van der Waals surface area contributed by atoms with Crippen LogP contribution >= 0.6 is 0 Å². The lowest BCUT2D eigenvalue weighted by atomic mass is 9.89. The summed E-state index contributed by atoms with van der Waals surface area (Å²) >= 11 is 0. The van der Waals surface area contributed by atoms with Crippen molar-refractivity contribution in [2.45, 2.75) is 65.7 Å². The van der Waals surface area contributed by atoms with Gasteiger partial charge in [0.2, 0.25) is 0 Å². The summed E-state index contributed by atoms with van der Waals surface area (Å²) in [5.74, 6) is 1.41. The van der Waals surface area contributed by atoms with Crippen LogP contribution in [-0.2, 0) is 4.79 Å². The number of Topliss-reactive ketones (excluding diaryl/α,β-unsaturated/α-hetero) is 1. The van der Waals surface area contributed by atoms with Gasteiger partial charge in [0.05, 0.1) is 0 Å². The number of rotatable bonds is 10. The van der Waals surface area contributed by atoms with Gasteiger partial charge in [-0.15, -0.1) is 0 Å². The van der Waals surface area contributed by atoms with Crippen molar-refractivity contribution < 1.29 is 4.79 Å². The molecule has 0 heterocycles. The Bertz CT molecular complexity index is 170. The first kappa shape index (κ1) is 15.6. The summed E-state index contributed by atoms with van der Waals surface area (Å²) < 4.78 is 0. The molecule has 1 unspecified atom stereocenters. The van der Waals surface area contributed by atoms with Gasteiger partial charge in [-0.2, -0.15) is 0 Å². The molecule has 96 valence electrons. The summed E-state index contributed by atoms with van der Waals surface area (Å²) in [5.41, 5.74) is 5.59. The van der Waals surface area contributed by atoms with E-state index in [1.54, 1.807) is 0 Å². The fourth-order valence-electron chi connectivity index (χ4n) is 2.37. The fourth-order valence-corrected chi connectivity index (χ4v) is 2.37. The molecular formula is C14H29NO. The van der Waals surface area contributed by atoms with Gasteiger partial charge in [0, 0.05) is 12.3 Å². The molecule has 2 nitrogen and oxygen atoms in total. The van der Waals surface area contributed by atoms with E-state index in [2.05, 4.69) is 20.8 Å². The third-order valence-corrected chi connectivity index (χ3v) is 3.51. The van der Waals surface area contributed by atoms with Gasteiger partial charge < -0.3 is 5.73 Å². The molecule has 0 aliphatic carbocycles. The van der Waals surface area contributed by atoms with Crippen LogP contribution in [0.4, 0.5) is 0 Å². The highest BCUT2D eigenvalue weighted by Crippen LogP contribution is 2.20. The highest BCUT2D eigenvalue weighted by atomic mass is 16.1. The molecule has 1 atom stereocenters. The average Bonchev–Trinajstić information content (AvgIpc) is 2.28. The topological polar surface area (TPSA) is 43.1 Å². The molecule has 0 fully saturated rings. The molecule has 0 spiro atoms. The molecule has 0 rings (SSSR count). The predicted molar refractivity (Wildman–Crippen MR) is 70.4 cm³/mol. The number of carbonyl (C=O) groups excluding carboxylic acids is 1. The first-order valence-electron chi connectivity index (χ1n) is 6.92. The van der Waals surface area contributed by atoms with Crippen molar-refractivity contribution in [2.24, 2.45) is 17.6 Å². The molecule has 0 aliphatic heterocycles. The summed E-state index contributed by atoms with van der Waals surface area (Å²) in [4.78, 5) is 11.9. The van der Waals surface area contributed by atoms with E-state index in [4.69, 9.17) is 5.73 Å². The molecule has 2 heteroatoms. The van der Waals surface area contributed by atoms with Gasteiger partial charge in [0.15, 0.2) is 0 Å². The lowest BCUT2D eigenvalue weighted by molar-refractivity contribution is -0.123. The minimum absolute atomic E-state index is 0.292. The Hall–Kier alpha value is -0.370. The molecule has 0 amide bonds. The van der Waals surface area contributed by atoms with Crippen molar-refractivity contribution >= 4 is 5.78 Å². The van der Waals surface area contributed by atoms with Crippen LogP contribution in [0.1, 0.15) is 65.7 Å². The van der Waals surface area contributed by atoms with Gasteiger partial charge >= 0.3 is 0 Å². The van der Waals surface area contributed by atoms with Crippen molar-refractivity contribution in [3.8, 4) is 0 Å². The maximum atomic E-state index is 11.9. The van der Waals surface area contributed by atoms with Crippen LogP contribution in [0.15, 0.2) is 0 Å². The summed E-state index contributed by atoms with van der Waals surface area (Å²) in [6, 6.07) is 0. The highest BCUT2D eigenvalue weighted by Gasteiger charge is 2.16. The van der Waals surface area contributed by atoms with Crippen LogP contribution in [0.25, 0.3) is 0 Å². The minimum atomic E-state index is 0.292. The molecule has 0 aromatic heterocycles. The Balaban J connectivity index is 3.93. The van der Waals surface area contributed by atoms with E-state index in [1.165, 1.54) is 12.8 Å². The van der Waals surface area contributed by atoms with Crippen molar-refractivity contribution in [3.05, 3.63) is 0 Å². The van der Waals surface area contributed by atoms with Gasteiger partial charge in [-0.3, -0.25) is 4.79 Å². The standard InChI is InChI=1S/C14H29NO/c1-4-7-12(10-11-15)8-9-14(16)13(5-2)6-3/h12-13H,4-11,15H2,1-3H3. The van der Waals surface area contributed by atoms with E-state index in [0.717, 1.165) is 38.6 Å². The Morgan fingerprint density at radius 2 is 1.69 bits per heavy atom. The number of nitrogens with two attached hydrogens (primary N) is 1. The van der Waals surface area contributed by atoms with Gasteiger partial charge in [-0.05, 0) is 38.1 Å². The van der Waals surface area contributed by atoms with E-state index in [1.807, 2.05) is 0 Å². The van der Waals surface area contributed by atoms with Gasteiger partial charge in [-0.1, -0.05) is 33.6 Å². The summed E-state index contributed by atoms with van der Waals surface area (Å²) in [7, 11) is 0. The normalized spacial score (nSPS) is 13.1. The Labute approximate surface area is 101 Å². The third kappa shape index (κ3) is 6.26. The van der Waals surface area contributed by atoms with E-state index in [-0.39, 0.29) is 0 Å². The van der Waals surface area contributed by atoms with Gasteiger partial charge in [-0.25, -0.2) is 0 Å². The molecule has 2 N–H and O–H groups in total. The van der Waals surface area contributed by atoms with Crippen LogP contribution in [0.2, 0.25) is 0 Å². The second kappa shape index (κ2) is 9.83. The van der Waals surface area contributed by atoms with Crippen molar-refractivity contribution in [1.29, 1.82) is 0 Å². The lowest BCUT2D eigenvalue weighted by Crippen LogP contribution is -2.15. The molecule has 0 saturated heterocycles. The van der Waals surface area contributed by atoms with Crippen LogP contribution in [0, 0.1) is 11.8 Å². The second-order valence-electron chi connectivity index (χ2n) is 4.75. The van der Waals surface area contributed by atoms with E-state index < -0.39 is 0 Å². The molecule has 16 heavy (non-hydrogen) atoms. The molecule has 0 aliphatic rings. The van der Waals surface area contributed by atoms with E-state index in [0.29, 0.717) is 17.6 Å². The molecule has 0 bridgehead atoms. The Kier molecular flexibility index (Phi) is 9.60. The Morgan fingerprint density at radius 1 is 1.06 bits per heavy atom. The highest BCUT2D eigenvalue weighted by molar-refractivity contribution is 5.80. The van der Waals surface area contributed by atoms with Crippen LogP contribution in [0.5, 0.6) is 0 Å². The number of carbonyl (C=O) groups is 1. The smallest absolute Gasteiger partial charge is 0.135 e. The molecular weight excluding hydrogens is 198 g/mol. The van der Waals surface area contributed by atoms with E-state index in [9.17, 15) is 4.79 Å². The van der Waals surface area contributed by atoms with Gasteiger partial charge in [0.25, 0.3) is 0 Å². The molecule has 0 saturated carbocycles. The first-order chi connectivity index (χ1) is 7.69. The van der Waals surface area contributed by atoms with Gasteiger partial charge in [0.1, 0.15) is 5.78 Å². The monoisotopic (exact) mass is 227 g/mol. The maximum Gasteiger partial charge on any atom is 0.135 e. The number of ketones is 1. The number of hydrogen-bond donors (Lipinski definition) is 1. The average molecular weight is 227 g/mol. The number of hydrogen-bond acceptors (Lipinski definition) is 2. The quantitative estimate of drug-likeness (QED) is 0.620. The predicted octanol–water partition coefficient (Wildman–Crippen LogP) is 3.54. The molecule has 0 aromatic carbocycles. The molecule has 0 aromatic rings. The zero-order valence-corrected chi connectivity index (χ0v) is 11.3. The fraction of sp³-hybridized carbons (Fsp3) is 0.929.